The lowest BCUT2D eigenvalue weighted by molar-refractivity contribution is -0.125. The lowest BCUT2D eigenvalue weighted by atomic mass is 10.3. The number of rotatable bonds is 4. The van der Waals surface area contributed by atoms with Crippen LogP contribution in [-0.4, -0.2) is 25.6 Å². The second-order valence-electron chi connectivity index (χ2n) is 1.95. The standard InChI is InChI=1S/C7H12N2O2/c1-4-5-11-9-6(2)7(10)8-3/h1,6,9H,5H2,2-3H3,(H,8,10). The first-order chi connectivity index (χ1) is 5.22. The van der Waals surface area contributed by atoms with E-state index >= 15 is 0 Å². The third kappa shape index (κ3) is 4.37. The zero-order valence-electron chi connectivity index (χ0n) is 6.68. The SMILES string of the molecule is C#CCONC(C)C(=O)NC. The molecule has 0 heterocycles. The summed E-state index contributed by atoms with van der Waals surface area (Å²) in [6.07, 6.45) is 4.91. The second-order valence-corrected chi connectivity index (χ2v) is 1.95. The number of hydrogen-bond donors (Lipinski definition) is 2. The van der Waals surface area contributed by atoms with Gasteiger partial charge in [0.2, 0.25) is 5.91 Å². The van der Waals surface area contributed by atoms with Crippen LogP contribution in [0.15, 0.2) is 0 Å². The van der Waals surface area contributed by atoms with Crippen LogP contribution in [0.4, 0.5) is 0 Å². The quantitative estimate of drug-likeness (QED) is 0.321. The Bertz CT molecular complexity index is 162. The molecule has 0 saturated heterocycles. The highest BCUT2D eigenvalue weighted by atomic mass is 16.6. The van der Waals surface area contributed by atoms with Crippen molar-refractivity contribution in [1.29, 1.82) is 0 Å². The second kappa shape index (κ2) is 5.71. The molecule has 4 nitrogen and oxygen atoms in total. The number of terminal acetylenes is 1. The number of carbonyl (C=O) groups excluding carboxylic acids is 1. The van der Waals surface area contributed by atoms with Gasteiger partial charge in [0.1, 0.15) is 12.6 Å². The topological polar surface area (TPSA) is 50.4 Å². The molecule has 0 aliphatic rings. The Morgan fingerprint density at radius 3 is 2.91 bits per heavy atom. The molecular formula is C7H12N2O2. The van der Waals surface area contributed by atoms with Gasteiger partial charge in [-0.25, -0.2) is 0 Å². The molecule has 0 aromatic rings. The van der Waals surface area contributed by atoms with Gasteiger partial charge in [0, 0.05) is 7.05 Å². The predicted octanol–water partition coefficient (Wildman–Crippen LogP) is -0.725. The number of nitrogens with one attached hydrogen (secondary N) is 2. The first kappa shape index (κ1) is 9.95. The molecule has 0 bridgehead atoms. The van der Waals surface area contributed by atoms with Crippen molar-refractivity contribution >= 4 is 5.91 Å². The van der Waals surface area contributed by atoms with E-state index in [0.717, 1.165) is 0 Å². The summed E-state index contributed by atoms with van der Waals surface area (Å²) in [6.45, 7) is 1.83. The Labute approximate surface area is 66.3 Å². The summed E-state index contributed by atoms with van der Waals surface area (Å²) in [6, 6.07) is -0.381. The van der Waals surface area contributed by atoms with Crippen LogP contribution in [0.25, 0.3) is 0 Å². The van der Waals surface area contributed by atoms with Crippen molar-refractivity contribution in [2.24, 2.45) is 0 Å². The maximum Gasteiger partial charge on any atom is 0.238 e. The fourth-order valence-corrected chi connectivity index (χ4v) is 0.478. The maximum absolute atomic E-state index is 10.8. The molecule has 0 aliphatic carbocycles. The highest BCUT2D eigenvalue weighted by molar-refractivity contribution is 5.80. The number of likely N-dealkylation sites (N-methyl/N-ethyl adjacent to an activating group) is 1. The first-order valence-corrected chi connectivity index (χ1v) is 3.24. The van der Waals surface area contributed by atoms with Crippen molar-refractivity contribution in [2.45, 2.75) is 13.0 Å². The molecule has 62 valence electrons. The molecular weight excluding hydrogens is 144 g/mol. The summed E-state index contributed by atoms with van der Waals surface area (Å²) in [5.74, 6) is 2.13. The van der Waals surface area contributed by atoms with E-state index in [4.69, 9.17) is 11.3 Å². The van der Waals surface area contributed by atoms with Crippen LogP contribution in [0, 0.1) is 12.3 Å². The largest absolute Gasteiger partial charge is 0.358 e. The van der Waals surface area contributed by atoms with E-state index in [0.29, 0.717) is 0 Å². The molecule has 0 aromatic heterocycles. The van der Waals surface area contributed by atoms with Crippen LogP contribution in [0.1, 0.15) is 6.92 Å². The van der Waals surface area contributed by atoms with Crippen molar-refractivity contribution in [3.05, 3.63) is 0 Å². The zero-order valence-corrected chi connectivity index (χ0v) is 6.68. The molecule has 1 atom stereocenters. The molecule has 1 amide bonds. The van der Waals surface area contributed by atoms with Gasteiger partial charge in [-0.15, -0.1) is 6.42 Å². The molecule has 0 saturated carbocycles. The van der Waals surface area contributed by atoms with Gasteiger partial charge in [-0.1, -0.05) is 5.92 Å². The summed E-state index contributed by atoms with van der Waals surface area (Å²) < 4.78 is 0. The van der Waals surface area contributed by atoms with Crippen molar-refractivity contribution in [1.82, 2.24) is 10.8 Å². The highest BCUT2D eigenvalue weighted by Crippen LogP contribution is 1.79. The van der Waals surface area contributed by atoms with E-state index in [1.807, 2.05) is 0 Å². The van der Waals surface area contributed by atoms with Crippen molar-refractivity contribution < 1.29 is 9.63 Å². The summed E-state index contributed by atoms with van der Waals surface area (Å²) in [4.78, 5) is 15.5. The van der Waals surface area contributed by atoms with E-state index in [1.165, 1.54) is 0 Å². The van der Waals surface area contributed by atoms with Gasteiger partial charge in [0.05, 0.1) is 0 Å². The van der Waals surface area contributed by atoms with Gasteiger partial charge >= 0.3 is 0 Å². The van der Waals surface area contributed by atoms with Crippen molar-refractivity contribution in [3.8, 4) is 12.3 Å². The molecule has 0 fully saturated rings. The molecule has 11 heavy (non-hydrogen) atoms. The zero-order chi connectivity index (χ0) is 8.69. The monoisotopic (exact) mass is 156 g/mol. The van der Waals surface area contributed by atoms with Crippen LogP contribution < -0.4 is 10.8 Å². The van der Waals surface area contributed by atoms with Crippen LogP contribution >= 0.6 is 0 Å². The number of hydroxylamine groups is 1. The number of carbonyl (C=O) groups is 1. The minimum Gasteiger partial charge on any atom is -0.358 e. The Morgan fingerprint density at radius 2 is 2.45 bits per heavy atom. The van der Waals surface area contributed by atoms with Gasteiger partial charge in [0.25, 0.3) is 0 Å². The van der Waals surface area contributed by atoms with Gasteiger partial charge in [-0.3, -0.25) is 9.63 Å². The lowest BCUT2D eigenvalue weighted by Crippen LogP contribution is -2.40. The third-order valence-corrected chi connectivity index (χ3v) is 1.06. The maximum atomic E-state index is 10.8. The third-order valence-electron chi connectivity index (χ3n) is 1.06. The van der Waals surface area contributed by atoms with Gasteiger partial charge < -0.3 is 5.32 Å². The van der Waals surface area contributed by atoms with Crippen molar-refractivity contribution in [2.75, 3.05) is 13.7 Å². The Morgan fingerprint density at radius 1 is 1.82 bits per heavy atom. The summed E-state index contributed by atoms with van der Waals surface area (Å²) in [7, 11) is 1.56. The molecule has 0 aliphatic heterocycles. The first-order valence-electron chi connectivity index (χ1n) is 3.24. The van der Waals surface area contributed by atoms with E-state index < -0.39 is 0 Å². The Balaban J connectivity index is 3.45. The summed E-state index contributed by atoms with van der Waals surface area (Å²) >= 11 is 0. The molecule has 0 rings (SSSR count). The van der Waals surface area contributed by atoms with Gasteiger partial charge in [-0.05, 0) is 6.92 Å². The Kier molecular flexibility index (Phi) is 5.17. The normalized spacial score (nSPS) is 11.7. The van der Waals surface area contributed by atoms with E-state index in [9.17, 15) is 4.79 Å². The van der Waals surface area contributed by atoms with E-state index in [1.54, 1.807) is 14.0 Å². The van der Waals surface area contributed by atoms with Crippen molar-refractivity contribution in [3.63, 3.8) is 0 Å². The molecule has 0 aromatic carbocycles. The minimum atomic E-state index is -0.381. The summed E-state index contributed by atoms with van der Waals surface area (Å²) in [5, 5.41) is 2.46. The van der Waals surface area contributed by atoms with Gasteiger partial charge in [-0.2, -0.15) is 5.48 Å². The molecule has 2 N–H and O–H groups in total. The Hall–Kier alpha value is -1.05. The fourth-order valence-electron chi connectivity index (χ4n) is 0.478. The predicted molar refractivity (Wildman–Crippen MR) is 41.4 cm³/mol. The highest BCUT2D eigenvalue weighted by Gasteiger charge is 2.08. The van der Waals surface area contributed by atoms with Gasteiger partial charge in [0.15, 0.2) is 0 Å². The van der Waals surface area contributed by atoms with Crippen LogP contribution in [0.2, 0.25) is 0 Å². The lowest BCUT2D eigenvalue weighted by Gasteiger charge is -2.09. The average Bonchev–Trinajstić information content (AvgIpc) is 2.03. The van der Waals surface area contributed by atoms with E-state index in [2.05, 4.69) is 16.7 Å². The molecule has 0 radical (unpaired) electrons. The smallest absolute Gasteiger partial charge is 0.238 e. The molecule has 4 heteroatoms. The summed E-state index contributed by atoms with van der Waals surface area (Å²) in [5.41, 5.74) is 2.48. The minimum absolute atomic E-state index is 0.137. The molecule has 0 spiro atoms. The molecule has 1 unspecified atom stereocenters. The van der Waals surface area contributed by atoms with Crippen LogP contribution in [0.3, 0.4) is 0 Å². The average molecular weight is 156 g/mol. The fraction of sp³-hybridized carbons (Fsp3) is 0.571. The van der Waals surface area contributed by atoms with E-state index in [-0.39, 0.29) is 18.6 Å². The number of hydrogen-bond acceptors (Lipinski definition) is 3. The number of amides is 1. The van der Waals surface area contributed by atoms with Crippen LogP contribution in [-0.2, 0) is 9.63 Å². The van der Waals surface area contributed by atoms with Crippen LogP contribution in [0.5, 0.6) is 0 Å².